The van der Waals surface area contributed by atoms with E-state index in [0.717, 1.165) is 22.2 Å². The number of fused-ring (bicyclic) bond motifs is 1. The molecule has 0 radical (unpaired) electrons. The van der Waals surface area contributed by atoms with Gasteiger partial charge in [0, 0.05) is 30.4 Å². The summed E-state index contributed by atoms with van der Waals surface area (Å²) in [5.74, 6) is -0.136. The molecule has 2 heterocycles. The summed E-state index contributed by atoms with van der Waals surface area (Å²) in [5, 5.41) is 3.41. The van der Waals surface area contributed by atoms with Crippen LogP contribution in [0, 0.1) is 0 Å². The Kier molecular flexibility index (Phi) is 3.13. The molecule has 1 N–H and O–H groups in total. The average molecular weight is 263 g/mol. The fourth-order valence-electron chi connectivity index (χ4n) is 2.15. The normalized spacial score (nSPS) is 10.4. The van der Waals surface area contributed by atoms with Gasteiger partial charge in [-0.15, -0.1) is 0 Å². The smallest absolute Gasteiger partial charge is 0.251 e. The molecule has 1 aromatic carbocycles. The number of hydrogen-bond acceptors (Lipinski definition) is 3. The summed E-state index contributed by atoms with van der Waals surface area (Å²) in [5.41, 5.74) is 3.11. The van der Waals surface area contributed by atoms with Gasteiger partial charge in [0.25, 0.3) is 5.91 Å². The molecular weight excluding hydrogens is 250 g/mol. The first-order chi connectivity index (χ1) is 9.79. The maximum atomic E-state index is 12.0. The van der Waals surface area contributed by atoms with Gasteiger partial charge in [-0.05, 0) is 12.1 Å². The van der Waals surface area contributed by atoms with Crippen molar-refractivity contribution < 1.29 is 4.79 Å². The number of hydrogen-bond donors (Lipinski definition) is 1. The van der Waals surface area contributed by atoms with Crippen molar-refractivity contribution in [2.75, 3.05) is 7.05 Å². The van der Waals surface area contributed by atoms with Crippen molar-refractivity contribution >= 4 is 16.8 Å². The second-order valence-electron chi connectivity index (χ2n) is 4.39. The zero-order chi connectivity index (χ0) is 13.9. The molecule has 0 saturated heterocycles. The minimum Gasteiger partial charge on any atom is -0.355 e. The monoisotopic (exact) mass is 263 g/mol. The molecule has 4 heteroatoms. The molecule has 0 unspecified atom stereocenters. The van der Waals surface area contributed by atoms with Gasteiger partial charge in [-0.25, -0.2) is 4.98 Å². The Hall–Kier alpha value is -2.75. The summed E-state index contributed by atoms with van der Waals surface area (Å²) < 4.78 is 0. The van der Waals surface area contributed by atoms with Crippen LogP contribution in [-0.4, -0.2) is 22.9 Å². The van der Waals surface area contributed by atoms with Crippen LogP contribution >= 0.6 is 0 Å². The number of aromatic nitrogens is 2. The van der Waals surface area contributed by atoms with E-state index in [4.69, 9.17) is 0 Å². The molecule has 0 saturated carbocycles. The van der Waals surface area contributed by atoms with Gasteiger partial charge >= 0.3 is 0 Å². The molecule has 3 rings (SSSR count). The zero-order valence-electron chi connectivity index (χ0n) is 11.0. The summed E-state index contributed by atoms with van der Waals surface area (Å²) in [7, 11) is 1.62. The summed E-state index contributed by atoms with van der Waals surface area (Å²) in [4.78, 5) is 20.7. The minimum atomic E-state index is -0.136. The molecule has 0 aliphatic heterocycles. The Morgan fingerprint density at radius 3 is 2.70 bits per heavy atom. The van der Waals surface area contributed by atoms with Crippen LogP contribution in [0.25, 0.3) is 22.2 Å². The number of nitrogens with one attached hydrogen (secondary N) is 1. The molecule has 0 aliphatic carbocycles. The molecule has 4 nitrogen and oxygen atoms in total. The van der Waals surface area contributed by atoms with Gasteiger partial charge in [-0.2, -0.15) is 0 Å². The van der Waals surface area contributed by atoms with Crippen LogP contribution in [0.5, 0.6) is 0 Å². The standard InChI is InChI=1S/C16H13N3O/c1-17-16(20)12-9-15(11-5-3-2-4-6-11)19-14-7-8-18-10-13(12)14/h2-10H,1H3,(H,17,20). The fourth-order valence-corrected chi connectivity index (χ4v) is 2.15. The number of rotatable bonds is 2. The first-order valence-electron chi connectivity index (χ1n) is 6.32. The number of carbonyl (C=O) groups is 1. The Bertz CT molecular complexity index is 769. The summed E-state index contributed by atoms with van der Waals surface area (Å²) in [6.45, 7) is 0. The number of carbonyl (C=O) groups excluding carboxylic acids is 1. The summed E-state index contributed by atoms with van der Waals surface area (Å²) in [6.07, 6.45) is 3.35. The van der Waals surface area contributed by atoms with Crippen LogP contribution in [-0.2, 0) is 0 Å². The highest BCUT2D eigenvalue weighted by Crippen LogP contribution is 2.24. The lowest BCUT2D eigenvalue weighted by Gasteiger charge is -2.08. The van der Waals surface area contributed by atoms with E-state index in [0.29, 0.717) is 5.56 Å². The van der Waals surface area contributed by atoms with Crippen molar-refractivity contribution in [3.8, 4) is 11.3 Å². The fraction of sp³-hybridized carbons (Fsp3) is 0.0625. The topological polar surface area (TPSA) is 54.9 Å². The van der Waals surface area contributed by atoms with Gasteiger partial charge in [-0.3, -0.25) is 9.78 Å². The van der Waals surface area contributed by atoms with Crippen molar-refractivity contribution in [3.63, 3.8) is 0 Å². The molecule has 2 aromatic heterocycles. The van der Waals surface area contributed by atoms with E-state index >= 15 is 0 Å². The maximum absolute atomic E-state index is 12.0. The highest BCUT2D eigenvalue weighted by atomic mass is 16.1. The van der Waals surface area contributed by atoms with Crippen molar-refractivity contribution in [2.24, 2.45) is 0 Å². The molecule has 20 heavy (non-hydrogen) atoms. The summed E-state index contributed by atoms with van der Waals surface area (Å²) in [6, 6.07) is 13.4. The third kappa shape index (κ3) is 2.12. The van der Waals surface area contributed by atoms with Gasteiger partial charge in [0.1, 0.15) is 0 Å². The Balaban J connectivity index is 2.28. The molecule has 0 fully saturated rings. The average Bonchev–Trinajstić information content (AvgIpc) is 2.54. The quantitative estimate of drug-likeness (QED) is 0.773. The number of amides is 1. The van der Waals surface area contributed by atoms with Crippen LogP contribution < -0.4 is 5.32 Å². The predicted octanol–water partition coefficient (Wildman–Crippen LogP) is 2.66. The van der Waals surface area contributed by atoms with E-state index in [1.807, 2.05) is 36.4 Å². The van der Waals surface area contributed by atoms with E-state index in [1.54, 1.807) is 25.5 Å². The summed E-state index contributed by atoms with van der Waals surface area (Å²) >= 11 is 0. The van der Waals surface area contributed by atoms with E-state index in [-0.39, 0.29) is 5.91 Å². The van der Waals surface area contributed by atoms with Gasteiger partial charge in [0.15, 0.2) is 0 Å². The van der Waals surface area contributed by atoms with Crippen molar-refractivity contribution in [1.29, 1.82) is 0 Å². The van der Waals surface area contributed by atoms with Crippen molar-refractivity contribution in [3.05, 3.63) is 60.4 Å². The molecule has 3 aromatic rings. The van der Waals surface area contributed by atoms with E-state index in [2.05, 4.69) is 15.3 Å². The second kappa shape index (κ2) is 5.09. The van der Waals surface area contributed by atoms with Crippen molar-refractivity contribution in [2.45, 2.75) is 0 Å². The van der Waals surface area contributed by atoms with Gasteiger partial charge in [0.2, 0.25) is 0 Å². The van der Waals surface area contributed by atoms with Crippen LogP contribution in [0.15, 0.2) is 54.9 Å². The van der Waals surface area contributed by atoms with E-state index < -0.39 is 0 Å². The maximum Gasteiger partial charge on any atom is 0.251 e. The molecular formula is C16H13N3O. The van der Waals surface area contributed by atoms with Gasteiger partial charge < -0.3 is 5.32 Å². The first-order valence-corrected chi connectivity index (χ1v) is 6.32. The molecule has 98 valence electrons. The second-order valence-corrected chi connectivity index (χ2v) is 4.39. The zero-order valence-corrected chi connectivity index (χ0v) is 11.0. The minimum absolute atomic E-state index is 0.136. The lowest BCUT2D eigenvalue weighted by molar-refractivity contribution is 0.0964. The van der Waals surface area contributed by atoms with Crippen molar-refractivity contribution in [1.82, 2.24) is 15.3 Å². The predicted molar refractivity (Wildman–Crippen MR) is 78.4 cm³/mol. The first kappa shape index (κ1) is 12.3. The lowest BCUT2D eigenvalue weighted by atomic mass is 10.0. The molecule has 0 spiro atoms. The van der Waals surface area contributed by atoms with Crippen LogP contribution in [0.2, 0.25) is 0 Å². The van der Waals surface area contributed by atoms with E-state index in [1.165, 1.54) is 0 Å². The van der Waals surface area contributed by atoms with Gasteiger partial charge in [-0.1, -0.05) is 30.3 Å². The number of nitrogens with zero attached hydrogens (tertiary/aromatic N) is 2. The Labute approximate surface area is 116 Å². The number of pyridine rings is 2. The lowest BCUT2D eigenvalue weighted by Crippen LogP contribution is -2.18. The Morgan fingerprint density at radius 2 is 1.95 bits per heavy atom. The van der Waals surface area contributed by atoms with Gasteiger partial charge in [0.05, 0.1) is 16.8 Å². The highest BCUT2D eigenvalue weighted by Gasteiger charge is 2.12. The third-order valence-electron chi connectivity index (χ3n) is 3.15. The Morgan fingerprint density at radius 1 is 1.15 bits per heavy atom. The van der Waals surface area contributed by atoms with Crippen LogP contribution in [0.3, 0.4) is 0 Å². The highest BCUT2D eigenvalue weighted by molar-refractivity contribution is 6.06. The third-order valence-corrected chi connectivity index (χ3v) is 3.15. The largest absolute Gasteiger partial charge is 0.355 e. The molecule has 1 amide bonds. The van der Waals surface area contributed by atoms with Crippen LogP contribution in [0.1, 0.15) is 10.4 Å². The number of benzene rings is 1. The molecule has 0 aliphatic rings. The SMILES string of the molecule is CNC(=O)c1cc(-c2ccccc2)nc2ccncc12. The molecule has 0 atom stereocenters. The molecule has 0 bridgehead atoms. The van der Waals surface area contributed by atoms with E-state index in [9.17, 15) is 4.79 Å². The van der Waals surface area contributed by atoms with Crippen LogP contribution in [0.4, 0.5) is 0 Å².